The number of methoxy groups -OCH3 is 1. The lowest BCUT2D eigenvalue weighted by atomic mass is 10.2. The van der Waals surface area contributed by atoms with Crippen LogP contribution in [0, 0.1) is 0 Å². The van der Waals surface area contributed by atoms with Gasteiger partial charge in [-0.2, -0.15) is 0 Å². The van der Waals surface area contributed by atoms with Crippen LogP contribution in [0.25, 0.3) is 6.08 Å². The standard InChI is InChI=1S/C17H13Cl2NO4/c1-23-15-9-12(10-20-22)8-14(19)17(15)24-16(21)7-4-11-2-5-13(18)6-3-11/h2-10,22H,1H3/b7-4?,20-10+. The Labute approximate surface area is 148 Å². The van der Waals surface area contributed by atoms with Crippen molar-refractivity contribution in [2.24, 2.45) is 5.16 Å². The predicted molar refractivity (Wildman–Crippen MR) is 93.5 cm³/mol. The normalized spacial score (nSPS) is 11.1. The average molecular weight is 366 g/mol. The molecule has 0 radical (unpaired) electrons. The Morgan fingerprint density at radius 2 is 1.88 bits per heavy atom. The van der Waals surface area contributed by atoms with Crippen molar-refractivity contribution in [3.63, 3.8) is 0 Å². The molecule has 2 aromatic carbocycles. The third-order valence-corrected chi connectivity index (χ3v) is 3.48. The molecular weight excluding hydrogens is 353 g/mol. The Bertz CT molecular complexity index is 786. The van der Waals surface area contributed by atoms with Crippen LogP contribution in [0.3, 0.4) is 0 Å². The van der Waals surface area contributed by atoms with E-state index in [1.165, 1.54) is 31.5 Å². The highest BCUT2D eigenvalue weighted by Gasteiger charge is 2.14. The van der Waals surface area contributed by atoms with Crippen LogP contribution in [0.1, 0.15) is 11.1 Å². The van der Waals surface area contributed by atoms with Crippen LogP contribution in [-0.2, 0) is 4.79 Å². The van der Waals surface area contributed by atoms with Crippen molar-refractivity contribution in [3.8, 4) is 11.5 Å². The Morgan fingerprint density at radius 1 is 1.17 bits per heavy atom. The summed E-state index contributed by atoms with van der Waals surface area (Å²) in [4.78, 5) is 12.0. The van der Waals surface area contributed by atoms with Gasteiger partial charge in [0.2, 0.25) is 0 Å². The minimum Gasteiger partial charge on any atom is -0.493 e. The van der Waals surface area contributed by atoms with Gasteiger partial charge in [-0.3, -0.25) is 0 Å². The van der Waals surface area contributed by atoms with E-state index >= 15 is 0 Å². The van der Waals surface area contributed by atoms with Crippen LogP contribution in [-0.4, -0.2) is 24.5 Å². The van der Waals surface area contributed by atoms with Gasteiger partial charge >= 0.3 is 5.97 Å². The Morgan fingerprint density at radius 3 is 2.50 bits per heavy atom. The fraction of sp³-hybridized carbons (Fsp3) is 0.0588. The lowest BCUT2D eigenvalue weighted by molar-refractivity contribution is -0.129. The van der Waals surface area contributed by atoms with E-state index in [2.05, 4.69) is 5.16 Å². The number of oxime groups is 1. The number of rotatable bonds is 5. The lowest BCUT2D eigenvalue weighted by Gasteiger charge is -2.10. The molecule has 0 aliphatic rings. The third kappa shape index (κ3) is 4.75. The monoisotopic (exact) mass is 365 g/mol. The molecule has 1 N–H and O–H groups in total. The number of carbonyl (C=O) groups is 1. The zero-order valence-corrected chi connectivity index (χ0v) is 14.1. The smallest absolute Gasteiger partial charge is 0.336 e. The second kappa shape index (κ2) is 8.38. The van der Waals surface area contributed by atoms with E-state index in [1.54, 1.807) is 30.3 Å². The highest BCUT2D eigenvalue weighted by molar-refractivity contribution is 6.32. The SMILES string of the molecule is COc1cc(/C=N/O)cc(Cl)c1OC(=O)C=Cc1ccc(Cl)cc1. The van der Waals surface area contributed by atoms with Crippen LogP contribution in [0.4, 0.5) is 0 Å². The molecule has 24 heavy (non-hydrogen) atoms. The summed E-state index contributed by atoms with van der Waals surface area (Å²) in [5.74, 6) is -0.292. The molecular formula is C17H13Cl2NO4. The highest BCUT2D eigenvalue weighted by Crippen LogP contribution is 2.36. The van der Waals surface area contributed by atoms with Gasteiger partial charge in [0, 0.05) is 16.7 Å². The summed E-state index contributed by atoms with van der Waals surface area (Å²) in [7, 11) is 1.41. The van der Waals surface area contributed by atoms with Crippen molar-refractivity contribution in [2.75, 3.05) is 7.11 Å². The van der Waals surface area contributed by atoms with Crippen LogP contribution in [0.2, 0.25) is 10.0 Å². The summed E-state index contributed by atoms with van der Waals surface area (Å²) in [6.45, 7) is 0. The average Bonchev–Trinajstić information content (AvgIpc) is 2.56. The molecule has 0 unspecified atom stereocenters. The molecule has 2 aromatic rings. The topological polar surface area (TPSA) is 68.1 Å². The molecule has 0 fully saturated rings. The Hall–Kier alpha value is -2.50. The van der Waals surface area contributed by atoms with Gasteiger partial charge in [-0.05, 0) is 35.9 Å². The predicted octanol–water partition coefficient (Wildman–Crippen LogP) is 4.43. The molecule has 0 saturated heterocycles. The fourth-order valence-electron chi connectivity index (χ4n) is 1.85. The summed E-state index contributed by atoms with van der Waals surface area (Å²) in [5.41, 5.74) is 1.29. The van der Waals surface area contributed by atoms with Crippen molar-refractivity contribution >= 4 is 41.5 Å². The summed E-state index contributed by atoms with van der Waals surface area (Å²) in [6, 6.07) is 9.97. The van der Waals surface area contributed by atoms with Crippen LogP contribution < -0.4 is 9.47 Å². The van der Waals surface area contributed by atoms with Crippen molar-refractivity contribution in [2.45, 2.75) is 0 Å². The largest absolute Gasteiger partial charge is 0.493 e. The van der Waals surface area contributed by atoms with E-state index in [0.717, 1.165) is 5.56 Å². The number of carbonyl (C=O) groups excluding carboxylic acids is 1. The minimum absolute atomic E-state index is 0.0833. The first kappa shape index (κ1) is 17.8. The van der Waals surface area contributed by atoms with Gasteiger partial charge in [-0.15, -0.1) is 0 Å². The molecule has 0 saturated carbocycles. The van der Waals surface area contributed by atoms with Gasteiger partial charge in [0.05, 0.1) is 18.3 Å². The highest BCUT2D eigenvalue weighted by atomic mass is 35.5. The fourth-order valence-corrected chi connectivity index (χ4v) is 2.24. The van der Waals surface area contributed by atoms with Crippen molar-refractivity contribution in [1.82, 2.24) is 0 Å². The molecule has 0 atom stereocenters. The summed E-state index contributed by atoms with van der Waals surface area (Å²) in [6.07, 6.45) is 4.04. The number of ether oxygens (including phenoxy) is 2. The first-order valence-electron chi connectivity index (χ1n) is 6.74. The van der Waals surface area contributed by atoms with E-state index < -0.39 is 5.97 Å². The van der Waals surface area contributed by atoms with Gasteiger partial charge in [-0.25, -0.2) is 4.79 Å². The van der Waals surface area contributed by atoms with Crippen LogP contribution in [0.5, 0.6) is 11.5 Å². The molecule has 0 heterocycles. The lowest BCUT2D eigenvalue weighted by Crippen LogP contribution is -2.06. The maximum Gasteiger partial charge on any atom is 0.336 e. The van der Waals surface area contributed by atoms with Crippen molar-refractivity contribution in [1.29, 1.82) is 0 Å². The zero-order valence-electron chi connectivity index (χ0n) is 12.6. The van der Waals surface area contributed by atoms with Crippen molar-refractivity contribution < 1.29 is 19.5 Å². The van der Waals surface area contributed by atoms with E-state index in [9.17, 15) is 4.79 Å². The molecule has 0 amide bonds. The molecule has 0 aliphatic heterocycles. The summed E-state index contributed by atoms with van der Waals surface area (Å²) >= 11 is 11.9. The second-order valence-electron chi connectivity index (χ2n) is 4.58. The second-order valence-corrected chi connectivity index (χ2v) is 5.43. The summed E-state index contributed by atoms with van der Waals surface area (Å²) in [5, 5.41) is 12.2. The van der Waals surface area contributed by atoms with E-state index in [-0.39, 0.29) is 16.5 Å². The molecule has 124 valence electrons. The van der Waals surface area contributed by atoms with Gasteiger partial charge in [-0.1, -0.05) is 40.5 Å². The first-order valence-corrected chi connectivity index (χ1v) is 7.49. The number of halogens is 2. The minimum atomic E-state index is -0.617. The number of nitrogens with zero attached hydrogens (tertiary/aromatic N) is 1. The molecule has 0 aromatic heterocycles. The Kier molecular flexibility index (Phi) is 6.23. The quantitative estimate of drug-likeness (QED) is 0.212. The van der Waals surface area contributed by atoms with Crippen LogP contribution in [0.15, 0.2) is 47.6 Å². The molecule has 0 bridgehead atoms. The molecule has 5 nitrogen and oxygen atoms in total. The number of hydrogen-bond donors (Lipinski definition) is 1. The van der Waals surface area contributed by atoms with Crippen molar-refractivity contribution in [3.05, 3.63) is 63.6 Å². The zero-order chi connectivity index (χ0) is 17.5. The van der Waals surface area contributed by atoms with Gasteiger partial charge in [0.25, 0.3) is 0 Å². The van der Waals surface area contributed by atoms with E-state index in [1.807, 2.05) is 0 Å². The maximum atomic E-state index is 12.0. The number of hydrogen-bond acceptors (Lipinski definition) is 5. The van der Waals surface area contributed by atoms with Gasteiger partial charge in [0.1, 0.15) is 0 Å². The number of benzene rings is 2. The number of esters is 1. The summed E-state index contributed by atoms with van der Waals surface area (Å²) < 4.78 is 10.4. The maximum absolute atomic E-state index is 12.0. The molecule has 0 spiro atoms. The molecule has 2 rings (SSSR count). The van der Waals surface area contributed by atoms with Gasteiger partial charge < -0.3 is 14.7 Å². The molecule has 0 aliphatic carbocycles. The third-order valence-electron chi connectivity index (χ3n) is 2.94. The van der Waals surface area contributed by atoms with E-state index in [4.69, 9.17) is 37.9 Å². The first-order chi connectivity index (χ1) is 11.5. The Balaban J connectivity index is 2.17. The van der Waals surface area contributed by atoms with E-state index in [0.29, 0.717) is 10.6 Å². The van der Waals surface area contributed by atoms with Gasteiger partial charge in [0.15, 0.2) is 11.5 Å². The molecule has 7 heteroatoms. The van der Waals surface area contributed by atoms with Crippen LogP contribution >= 0.6 is 23.2 Å².